The highest BCUT2D eigenvalue weighted by molar-refractivity contribution is 5.76. The Hall–Kier alpha value is -1.68. The Morgan fingerprint density at radius 1 is 1.33 bits per heavy atom. The second kappa shape index (κ2) is 3.47. The Morgan fingerprint density at radius 3 is 3.20 bits per heavy atom. The van der Waals surface area contributed by atoms with Crippen LogP contribution in [0.25, 0.3) is 16.6 Å². The largest absolute Gasteiger partial charge is 0.359 e. The van der Waals surface area contributed by atoms with Gasteiger partial charge in [-0.15, -0.1) is 0 Å². The first-order valence-electron chi connectivity index (χ1n) is 5.14. The van der Waals surface area contributed by atoms with Crippen molar-refractivity contribution in [3.05, 3.63) is 30.4 Å². The molecule has 0 fully saturated rings. The Labute approximate surface area is 87.4 Å². The molecule has 0 aliphatic carbocycles. The lowest BCUT2D eigenvalue weighted by Gasteiger charge is -2.12. The number of nitrogens with one attached hydrogen (secondary N) is 2. The zero-order valence-corrected chi connectivity index (χ0v) is 8.33. The molecule has 2 aromatic rings. The molecule has 0 radical (unpaired) electrons. The van der Waals surface area contributed by atoms with Gasteiger partial charge in [-0.25, -0.2) is 9.97 Å². The quantitative estimate of drug-likeness (QED) is 0.730. The fourth-order valence-electron chi connectivity index (χ4n) is 1.82. The van der Waals surface area contributed by atoms with Crippen LogP contribution < -0.4 is 5.32 Å². The monoisotopic (exact) mass is 200 g/mol. The predicted molar refractivity (Wildman–Crippen MR) is 59.4 cm³/mol. The number of rotatable bonds is 1. The summed E-state index contributed by atoms with van der Waals surface area (Å²) in [6.45, 7) is 1.93. The van der Waals surface area contributed by atoms with Crippen molar-refractivity contribution in [2.75, 3.05) is 13.1 Å². The minimum Gasteiger partial charge on any atom is -0.359 e. The van der Waals surface area contributed by atoms with Gasteiger partial charge in [0.05, 0.1) is 17.2 Å². The molecule has 76 valence electrons. The number of aromatic nitrogens is 3. The van der Waals surface area contributed by atoms with Crippen molar-refractivity contribution in [2.24, 2.45) is 0 Å². The van der Waals surface area contributed by atoms with Gasteiger partial charge in [0, 0.05) is 12.7 Å². The number of hydrogen-bond donors (Lipinski definition) is 2. The fraction of sp³-hybridized carbons (Fsp3) is 0.273. The van der Waals surface area contributed by atoms with Crippen LogP contribution in [-0.4, -0.2) is 28.0 Å². The average Bonchev–Trinajstić information content (AvgIpc) is 2.77. The topological polar surface area (TPSA) is 53.6 Å². The lowest BCUT2D eigenvalue weighted by atomic mass is 10.1. The van der Waals surface area contributed by atoms with Gasteiger partial charge >= 0.3 is 0 Å². The Morgan fingerprint density at radius 2 is 2.33 bits per heavy atom. The number of H-pyrrole nitrogens is 1. The summed E-state index contributed by atoms with van der Waals surface area (Å²) in [5, 5.41) is 3.28. The third-order valence-corrected chi connectivity index (χ3v) is 2.65. The van der Waals surface area contributed by atoms with Crippen molar-refractivity contribution in [1.29, 1.82) is 0 Å². The van der Waals surface area contributed by atoms with Gasteiger partial charge in [-0.2, -0.15) is 0 Å². The molecule has 3 heterocycles. The van der Waals surface area contributed by atoms with Crippen LogP contribution in [0.15, 0.2) is 24.5 Å². The zero-order chi connectivity index (χ0) is 10.1. The third-order valence-electron chi connectivity index (χ3n) is 2.65. The number of nitrogens with zero attached hydrogens (tertiary/aromatic N) is 2. The highest BCUT2D eigenvalue weighted by atomic mass is 14.9. The minimum atomic E-state index is 0.864. The van der Waals surface area contributed by atoms with E-state index in [9.17, 15) is 0 Å². The zero-order valence-electron chi connectivity index (χ0n) is 8.33. The summed E-state index contributed by atoms with van der Waals surface area (Å²) in [6.07, 6.45) is 6.91. The maximum Gasteiger partial charge on any atom is 0.155 e. The van der Waals surface area contributed by atoms with Crippen LogP contribution in [0.5, 0.6) is 0 Å². The normalized spacial score (nSPS) is 16.7. The molecular formula is C11H12N4. The number of fused-ring (bicyclic) bond motifs is 1. The molecular weight excluding hydrogens is 188 g/mol. The molecule has 0 spiro atoms. The lowest BCUT2D eigenvalue weighted by Crippen LogP contribution is -2.20. The van der Waals surface area contributed by atoms with E-state index in [-0.39, 0.29) is 0 Å². The SMILES string of the molecule is C1=C(c2ncc3[nH]ccc3n2)CCNC1. The van der Waals surface area contributed by atoms with Gasteiger partial charge < -0.3 is 10.3 Å². The van der Waals surface area contributed by atoms with E-state index < -0.39 is 0 Å². The molecule has 15 heavy (non-hydrogen) atoms. The molecule has 2 N–H and O–H groups in total. The highest BCUT2D eigenvalue weighted by Gasteiger charge is 2.09. The maximum atomic E-state index is 4.52. The third kappa shape index (κ3) is 1.53. The minimum absolute atomic E-state index is 0.864. The lowest BCUT2D eigenvalue weighted by molar-refractivity contribution is 0.734. The first kappa shape index (κ1) is 8.61. The second-order valence-electron chi connectivity index (χ2n) is 3.65. The van der Waals surface area contributed by atoms with Crippen molar-refractivity contribution in [3.63, 3.8) is 0 Å². The van der Waals surface area contributed by atoms with Crippen LogP contribution in [0, 0.1) is 0 Å². The van der Waals surface area contributed by atoms with Crippen LogP contribution in [0.1, 0.15) is 12.2 Å². The summed E-state index contributed by atoms with van der Waals surface area (Å²) in [6, 6.07) is 1.97. The Bertz CT molecular complexity index is 512. The highest BCUT2D eigenvalue weighted by Crippen LogP contribution is 2.17. The van der Waals surface area contributed by atoms with E-state index in [4.69, 9.17) is 0 Å². The summed E-state index contributed by atoms with van der Waals surface area (Å²) < 4.78 is 0. The molecule has 0 saturated carbocycles. The molecule has 3 rings (SSSR count). The van der Waals surface area contributed by atoms with Gasteiger partial charge in [-0.05, 0) is 24.6 Å². The number of hydrogen-bond acceptors (Lipinski definition) is 3. The first-order chi connectivity index (χ1) is 7.43. The second-order valence-corrected chi connectivity index (χ2v) is 3.65. The first-order valence-corrected chi connectivity index (χ1v) is 5.14. The summed E-state index contributed by atoms with van der Waals surface area (Å²) >= 11 is 0. The van der Waals surface area contributed by atoms with Crippen molar-refractivity contribution in [3.8, 4) is 0 Å². The van der Waals surface area contributed by atoms with Gasteiger partial charge in [0.2, 0.25) is 0 Å². The Balaban J connectivity index is 2.06. The van der Waals surface area contributed by atoms with E-state index >= 15 is 0 Å². The Kier molecular flexibility index (Phi) is 1.99. The summed E-state index contributed by atoms with van der Waals surface area (Å²) in [4.78, 5) is 12.0. The summed E-state index contributed by atoms with van der Waals surface area (Å²) in [7, 11) is 0. The average molecular weight is 200 g/mol. The summed E-state index contributed by atoms with van der Waals surface area (Å²) in [5.74, 6) is 0.864. The molecule has 0 bridgehead atoms. The molecule has 0 atom stereocenters. The van der Waals surface area contributed by atoms with Crippen LogP contribution in [0.2, 0.25) is 0 Å². The van der Waals surface area contributed by atoms with Gasteiger partial charge in [-0.1, -0.05) is 6.08 Å². The predicted octanol–water partition coefficient (Wildman–Crippen LogP) is 1.33. The van der Waals surface area contributed by atoms with Crippen molar-refractivity contribution >= 4 is 16.6 Å². The molecule has 0 aromatic carbocycles. The molecule has 1 aliphatic heterocycles. The van der Waals surface area contributed by atoms with Crippen LogP contribution in [-0.2, 0) is 0 Å². The fourth-order valence-corrected chi connectivity index (χ4v) is 1.82. The van der Waals surface area contributed by atoms with Crippen LogP contribution >= 0.6 is 0 Å². The molecule has 0 amide bonds. The number of aromatic amines is 1. The van der Waals surface area contributed by atoms with Crippen molar-refractivity contribution in [2.45, 2.75) is 6.42 Å². The van der Waals surface area contributed by atoms with Crippen molar-refractivity contribution < 1.29 is 0 Å². The molecule has 4 heteroatoms. The molecule has 2 aromatic heterocycles. The van der Waals surface area contributed by atoms with E-state index in [0.717, 1.165) is 36.4 Å². The van der Waals surface area contributed by atoms with Gasteiger partial charge in [-0.3, -0.25) is 0 Å². The molecule has 0 unspecified atom stereocenters. The molecule has 1 aliphatic rings. The van der Waals surface area contributed by atoms with E-state index in [2.05, 4.69) is 26.3 Å². The van der Waals surface area contributed by atoms with Crippen LogP contribution in [0.4, 0.5) is 0 Å². The van der Waals surface area contributed by atoms with E-state index in [1.807, 2.05) is 18.5 Å². The van der Waals surface area contributed by atoms with E-state index in [0.29, 0.717) is 0 Å². The van der Waals surface area contributed by atoms with Gasteiger partial charge in [0.25, 0.3) is 0 Å². The smallest absolute Gasteiger partial charge is 0.155 e. The summed E-state index contributed by atoms with van der Waals surface area (Å²) in [5.41, 5.74) is 3.23. The maximum absolute atomic E-state index is 4.52. The van der Waals surface area contributed by atoms with Crippen molar-refractivity contribution in [1.82, 2.24) is 20.3 Å². The van der Waals surface area contributed by atoms with E-state index in [1.54, 1.807) is 0 Å². The van der Waals surface area contributed by atoms with Gasteiger partial charge in [0.15, 0.2) is 5.82 Å². The standard InChI is InChI=1S/C11H12N4/c1-4-12-5-2-8(1)11-14-7-10-9(15-11)3-6-13-10/h1,3,6-7,12-13H,2,4-5H2. The molecule has 4 nitrogen and oxygen atoms in total. The van der Waals surface area contributed by atoms with E-state index in [1.165, 1.54) is 5.57 Å². The molecule has 0 saturated heterocycles. The van der Waals surface area contributed by atoms with Gasteiger partial charge in [0.1, 0.15) is 0 Å². The van der Waals surface area contributed by atoms with Crippen LogP contribution in [0.3, 0.4) is 0 Å².